The Bertz CT molecular complexity index is 1020. The van der Waals surface area contributed by atoms with Crippen LogP contribution >= 0.6 is 11.8 Å². The molecule has 1 N–H and O–H groups in total. The van der Waals surface area contributed by atoms with E-state index in [2.05, 4.69) is 15.3 Å². The second-order valence-corrected chi connectivity index (χ2v) is 7.40. The van der Waals surface area contributed by atoms with Crippen LogP contribution in [0.15, 0.2) is 47.5 Å². The predicted molar refractivity (Wildman–Crippen MR) is 103 cm³/mol. The van der Waals surface area contributed by atoms with Crippen LogP contribution in [0.3, 0.4) is 0 Å². The van der Waals surface area contributed by atoms with Gasteiger partial charge in [0.25, 0.3) is 5.91 Å². The summed E-state index contributed by atoms with van der Waals surface area (Å²) in [5.41, 5.74) is 0.0699. The molecule has 0 spiro atoms. The van der Waals surface area contributed by atoms with Crippen LogP contribution in [0, 0.1) is 5.82 Å². The molecule has 2 heterocycles. The third-order valence-electron chi connectivity index (χ3n) is 4.07. The van der Waals surface area contributed by atoms with Gasteiger partial charge in [0.15, 0.2) is 5.65 Å². The number of pyridine rings is 2. The maximum Gasteiger partial charge on any atom is 0.433 e. The van der Waals surface area contributed by atoms with E-state index in [0.29, 0.717) is 29.1 Å². The second kappa shape index (κ2) is 8.77. The third kappa shape index (κ3) is 5.23. The van der Waals surface area contributed by atoms with Gasteiger partial charge in [-0.3, -0.25) is 4.79 Å². The Kier molecular flexibility index (Phi) is 6.36. The van der Waals surface area contributed by atoms with Gasteiger partial charge in [-0.15, -0.1) is 11.8 Å². The number of rotatable bonds is 6. The smallest absolute Gasteiger partial charge is 0.352 e. The molecule has 0 radical (unpaired) electrons. The minimum Gasteiger partial charge on any atom is -0.352 e. The van der Waals surface area contributed by atoms with Crippen LogP contribution in [0.25, 0.3) is 11.0 Å². The molecular weight excluding hydrogens is 406 g/mol. The molecule has 0 aliphatic rings. The van der Waals surface area contributed by atoms with E-state index in [0.717, 1.165) is 11.6 Å². The molecule has 9 heteroatoms. The highest BCUT2D eigenvalue weighted by Crippen LogP contribution is 2.30. The first-order valence-corrected chi connectivity index (χ1v) is 9.81. The van der Waals surface area contributed by atoms with E-state index in [1.807, 2.05) is 6.92 Å². The average Bonchev–Trinajstić information content (AvgIpc) is 2.68. The lowest BCUT2D eigenvalue weighted by Gasteiger charge is -2.11. The number of nitrogens with one attached hydrogen (secondary N) is 1. The number of fused-ring (bicyclic) bond motifs is 1. The largest absolute Gasteiger partial charge is 0.433 e. The number of nitrogens with zero attached hydrogens (tertiary/aromatic N) is 2. The van der Waals surface area contributed by atoms with Crippen molar-refractivity contribution in [2.75, 3.05) is 12.3 Å². The third-order valence-corrected chi connectivity index (χ3v) is 4.94. The Hall–Kier alpha value is -2.68. The molecule has 152 valence electrons. The first kappa shape index (κ1) is 21.0. The summed E-state index contributed by atoms with van der Waals surface area (Å²) in [6.45, 7) is 2.18. The molecule has 3 aromatic rings. The highest BCUT2D eigenvalue weighted by atomic mass is 32.2. The number of amides is 1. The van der Waals surface area contributed by atoms with E-state index in [1.54, 1.807) is 12.1 Å². The zero-order valence-electron chi connectivity index (χ0n) is 15.4. The normalized spacial score (nSPS) is 11.6. The molecule has 1 aromatic carbocycles. The van der Waals surface area contributed by atoms with Crippen LogP contribution in [0.2, 0.25) is 0 Å². The first-order chi connectivity index (χ1) is 13.8. The highest BCUT2D eigenvalue weighted by Gasteiger charge is 2.32. The Morgan fingerprint density at radius 1 is 1.10 bits per heavy atom. The van der Waals surface area contributed by atoms with Gasteiger partial charge in [0.1, 0.15) is 16.5 Å². The predicted octanol–water partition coefficient (Wildman–Crippen LogP) is 4.87. The molecule has 0 unspecified atom stereocenters. The number of benzene rings is 1. The maximum atomic E-state index is 12.9. The minimum absolute atomic E-state index is 0.0568. The van der Waals surface area contributed by atoms with Gasteiger partial charge in [-0.05, 0) is 48.1 Å². The van der Waals surface area contributed by atoms with Crippen molar-refractivity contribution in [3.8, 4) is 0 Å². The van der Waals surface area contributed by atoms with E-state index in [1.165, 1.54) is 36.0 Å². The molecule has 4 nitrogen and oxygen atoms in total. The summed E-state index contributed by atoms with van der Waals surface area (Å²) in [5.74, 6) is -0.117. The van der Waals surface area contributed by atoms with Crippen LogP contribution in [0.1, 0.15) is 28.5 Å². The zero-order chi connectivity index (χ0) is 21.0. The van der Waals surface area contributed by atoms with Crippen molar-refractivity contribution in [3.63, 3.8) is 0 Å². The van der Waals surface area contributed by atoms with Crippen molar-refractivity contribution >= 4 is 28.7 Å². The molecule has 3 rings (SSSR count). The van der Waals surface area contributed by atoms with Crippen LogP contribution in [0.5, 0.6) is 0 Å². The fourth-order valence-corrected chi connectivity index (χ4v) is 3.40. The Labute approximate surface area is 168 Å². The fraction of sp³-hybridized carbons (Fsp3) is 0.250. The summed E-state index contributed by atoms with van der Waals surface area (Å²) < 4.78 is 51.6. The lowest BCUT2D eigenvalue weighted by Crippen LogP contribution is -2.26. The van der Waals surface area contributed by atoms with Gasteiger partial charge in [-0.1, -0.05) is 19.1 Å². The van der Waals surface area contributed by atoms with Crippen molar-refractivity contribution in [2.24, 2.45) is 0 Å². The number of hydrogen-bond acceptors (Lipinski definition) is 4. The Morgan fingerprint density at radius 2 is 1.83 bits per heavy atom. The molecule has 29 heavy (non-hydrogen) atoms. The van der Waals surface area contributed by atoms with E-state index in [9.17, 15) is 22.4 Å². The average molecular weight is 423 g/mol. The lowest BCUT2D eigenvalue weighted by atomic mass is 10.1. The van der Waals surface area contributed by atoms with E-state index < -0.39 is 11.9 Å². The fourth-order valence-electron chi connectivity index (χ4n) is 2.67. The Balaban J connectivity index is 1.81. The quantitative estimate of drug-likeness (QED) is 0.454. The maximum absolute atomic E-state index is 12.9. The molecule has 0 aliphatic carbocycles. The number of carbonyl (C=O) groups excluding carboxylic acids is 1. The summed E-state index contributed by atoms with van der Waals surface area (Å²) in [6, 6.07) is 9.61. The van der Waals surface area contributed by atoms with E-state index in [4.69, 9.17) is 0 Å². The standard InChI is InChI=1S/C20H17F4N3OS/c1-2-29-19-15(18(28)25-10-9-12-3-6-14(21)7-4-12)11-13-5-8-16(20(22,23)24)26-17(13)27-19/h3-8,11H,2,9-10H2,1H3,(H,25,28). The monoisotopic (exact) mass is 423 g/mol. The van der Waals surface area contributed by atoms with Crippen molar-refractivity contribution < 1.29 is 22.4 Å². The topological polar surface area (TPSA) is 54.9 Å². The highest BCUT2D eigenvalue weighted by molar-refractivity contribution is 7.99. The number of thioether (sulfide) groups is 1. The van der Waals surface area contributed by atoms with Crippen LogP contribution in [0.4, 0.5) is 17.6 Å². The molecule has 0 saturated heterocycles. The van der Waals surface area contributed by atoms with Gasteiger partial charge < -0.3 is 5.32 Å². The summed E-state index contributed by atoms with van der Waals surface area (Å²) >= 11 is 1.25. The van der Waals surface area contributed by atoms with Crippen LogP contribution < -0.4 is 5.32 Å². The van der Waals surface area contributed by atoms with E-state index >= 15 is 0 Å². The van der Waals surface area contributed by atoms with E-state index in [-0.39, 0.29) is 22.9 Å². The summed E-state index contributed by atoms with van der Waals surface area (Å²) in [7, 11) is 0. The molecule has 1 amide bonds. The van der Waals surface area contributed by atoms with Gasteiger partial charge in [0.05, 0.1) is 5.56 Å². The minimum atomic E-state index is -4.57. The number of aromatic nitrogens is 2. The SMILES string of the molecule is CCSc1nc2nc(C(F)(F)F)ccc2cc1C(=O)NCCc1ccc(F)cc1. The summed E-state index contributed by atoms with van der Waals surface area (Å²) in [6.07, 6.45) is -4.05. The molecule has 0 saturated carbocycles. The second-order valence-electron chi connectivity index (χ2n) is 6.15. The molecular formula is C20H17F4N3OS. The van der Waals surface area contributed by atoms with Gasteiger partial charge in [0.2, 0.25) is 0 Å². The summed E-state index contributed by atoms with van der Waals surface area (Å²) in [5, 5.41) is 3.45. The van der Waals surface area contributed by atoms with Crippen molar-refractivity contribution in [1.82, 2.24) is 15.3 Å². The molecule has 0 atom stereocenters. The Morgan fingerprint density at radius 3 is 2.48 bits per heavy atom. The van der Waals surface area contributed by atoms with Gasteiger partial charge in [0, 0.05) is 11.9 Å². The van der Waals surface area contributed by atoms with Crippen molar-refractivity contribution in [2.45, 2.75) is 24.5 Å². The van der Waals surface area contributed by atoms with Gasteiger partial charge in [-0.25, -0.2) is 14.4 Å². The molecule has 0 aliphatic heterocycles. The van der Waals surface area contributed by atoms with Crippen LogP contribution in [-0.2, 0) is 12.6 Å². The first-order valence-electron chi connectivity index (χ1n) is 8.82. The molecule has 0 fully saturated rings. The lowest BCUT2D eigenvalue weighted by molar-refractivity contribution is -0.141. The van der Waals surface area contributed by atoms with Gasteiger partial charge in [-0.2, -0.15) is 13.2 Å². The molecule has 0 bridgehead atoms. The number of hydrogen-bond donors (Lipinski definition) is 1. The zero-order valence-corrected chi connectivity index (χ0v) is 16.2. The summed E-state index contributed by atoms with van der Waals surface area (Å²) in [4.78, 5) is 20.4. The van der Waals surface area contributed by atoms with Crippen molar-refractivity contribution in [1.29, 1.82) is 0 Å². The van der Waals surface area contributed by atoms with Crippen LogP contribution in [-0.4, -0.2) is 28.2 Å². The number of alkyl halides is 3. The number of halogens is 4. The number of carbonyl (C=O) groups is 1. The van der Waals surface area contributed by atoms with Gasteiger partial charge >= 0.3 is 6.18 Å². The molecule has 2 aromatic heterocycles. The van der Waals surface area contributed by atoms with Crippen molar-refractivity contribution in [3.05, 3.63) is 65.1 Å².